The first-order valence-corrected chi connectivity index (χ1v) is 4.57. The van der Waals surface area contributed by atoms with Crippen molar-refractivity contribution in [3.63, 3.8) is 0 Å². The molecule has 0 radical (unpaired) electrons. The third kappa shape index (κ3) is 1.64. The minimum atomic E-state index is 0.316. The van der Waals surface area contributed by atoms with Crippen molar-refractivity contribution in [3.05, 3.63) is 30.1 Å². The topological polar surface area (TPSA) is 63.6 Å². The Morgan fingerprint density at radius 2 is 2.29 bits per heavy atom. The van der Waals surface area contributed by atoms with Crippen LogP contribution in [-0.2, 0) is 0 Å². The van der Waals surface area contributed by atoms with Gasteiger partial charge in [-0.1, -0.05) is 6.92 Å². The summed E-state index contributed by atoms with van der Waals surface area (Å²) in [4.78, 5) is 4.05. The molecule has 1 atom stereocenters. The third-order valence-corrected chi connectivity index (χ3v) is 2.23. The van der Waals surface area contributed by atoms with Crippen LogP contribution in [0.4, 0.5) is 0 Å². The Bertz CT molecular complexity index is 380. The minimum absolute atomic E-state index is 0.316. The molecule has 0 saturated carbocycles. The molecular weight excluding hydrogens is 176 g/mol. The summed E-state index contributed by atoms with van der Waals surface area (Å²) >= 11 is 0. The molecule has 0 fully saturated rings. The van der Waals surface area contributed by atoms with E-state index in [9.17, 15) is 0 Å². The first-order valence-electron chi connectivity index (χ1n) is 4.57. The van der Waals surface area contributed by atoms with Gasteiger partial charge in [0, 0.05) is 30.3 Å². The molecule has 0 amide bonds. The van der Waals surface area contributed by atoms with Crippen molar-refractivity contribution >= 4 is 11.5 Å². The van der Waals surface area contributed by atoms with E-state index in [1.54, 1.807) is 12.4 Å². The van der Waals surface area contributed by atoms with Gasteiger partial charge in [0.1, 0.15) is 5.84 Å². The quantitative estimate of drug-likeness (QED) is 0.719. The zero-order valence-corrected chi connectivity index (χ0v) is 8.01. The largest absolute Gasteiger partial charge is 0.386 e. The fourth-order valence-electron chi connectivity index (χ4n) is 1.52. The van der Waals surface area contributed by atoms with Crippen LogP contribution in [0.2, 0.25) is 0 Å². The first-order chi connectivity index (χ1) is 6.77. The molecule has 14 heavy (non-hydrogen) atoms. The van der Waals surface area contributed by atoms with E-state index in [0.29, 0.717) is 11.8 Å². The molecule has 2 rings (SSSR count). The Morgan fingerprint density at radius 3 is 2.93 bits per heavy atom. The number of hydrogen-bond donors (Lipinski definition) is 1. The predicted molar refractivity (Wildman–Crippen MR) is 56.2 cm³/mol. The zero-order valence-electron chi connectivity index (χ0n) is 8.01. The van der Waals surface area contributed by atoms with Gasteiger partial charge in [-0.2, -0.15) is 5.10 Å². The average molecular weight is 188 g/mol. The van der Waals surface area contributed by atoms with E-state index in [4.69, 9.17) is 5.73 Å². The lowest BCUT2D eigenvalue weighted by Crippen LogP contribution is -2.25. The standard InChI is InChI=1S/C10H12N4/c1-7-5-9(11)13-14-10(7)8-3-2-4-12-6-8/h2-4,6-7H,5H2,1H3,(H2,11,13). The molecule has 0 saturated heterocycles. The van der Waals surface area contributed by atoms with Gasteiger partial charge in [-0.05, 0) is 12.1 Å². The van der Waals surface area contributed by atoms with Crippen molar-refractivity contribution in [2.75, 3.05) is 0 Å². The summed E-state index contributed by atoms with van der Waals surface area (Å²) in [5.41, 5.74) is 7.58. The first kappa shape index (κ1) is 8.87. The number of nitrogens with two attached hydrogens (primary N) is 1. The Labute approximate surface area is 82.6 Å². The highest BCUT2D eigenvalue weighted by molar-refractivity contribution is 6.05. The highest BCUT2D eigenvalue weighted by Gasteiger charge is 2.18. The maximum atomic E-state index is 5.59. The van der Waals surface area contributed by atoms with E-state index in [1.165, 1.54) is 0 Å². The lowest BCUT2D eigenvalue weighted by atomic mass is 9.95. The lowest BCUT2D eigenvalue weighted by Gasteiger charge is -2.16. The Balaban J connectivity index is 2.35. The number of pyridine rings is 1. The SMILES string of the molecule is CC1CC(N)=NN=C1c1cccnc1. The van der Waals surface area contributed by atoms with E-state index in [0.717, 1.165) is 17.7 Å². The summed E-state index contributed by atoms with van der Waals surface area (Å²) in [6.07, 6.45) is 4.31. The monoisotopic (exact) mass is 188 g/mol. The van der Waals surface area contributed by atoms with Crippen LogP contribution in [0.5, 0.6) is 0 Å². The number of hydrogen-bond acceptors (Lipinski definition) is 4. The molecule has 1 aliphatic rings. The van der Waals surface area contributed by atoms with Gasteiger partial charge in [-0.3, -0.25) is 4.98 Å². The molecule has 1 unspecified atom stereocenters. The normalized spacial score (nSPS) is 21.4. The number of nitrogens with zero attached hydrogens (tertiary/aromatic N) is 3. The number of amidine groups is 1. The minimum Gasteiger partial charge on any atom is -0.386 e. The summed E-state index contributed by atoms with van der Waals surface area (Å²) < 4.78 is 0. The van der Waals surface area contributed by atoms with Gasteiger partial charge in [-0.15, -0.1) is 5.10 Å². The highest BCUT2D eigenvalue weighted by Crippen LogP contribution is 2.16. The van der Waals surface area contributed by atoms with Gasteiger partial charge in [-0.25, -0.2) is 0 Å². The molecule has 72 valence electrons. The van der Waals surface area contributed by atoms with Crippen molar-refractivity contribution in [1.29, 1.82) is 0 Å². The molecule has 4 heteroatoms. The van der Waals surface area contributed by atoms with E-state index < -0.39 is 0 Å². The Hall–Kier alpha value is -1.71. The van der Waals surface area contributed by atoms with Crippen molar-refractivity contribution in [3.8, 4) is 0 Å². The van der Waals surface area contributed by atoms with Crippen molar-refractivity contribution in [1.82, 2.24) is 4.98 Å². The summed E-state index contributed by atoms with van der Waals surface area (Å²) in [6.45, 7) is 2.09. The van der Waals surface area contributed by atoms with Crippen molar-refractivity contribution in [2.24, 2.45) is 21.9 Å². The van der Waals surface area contributed by atoms with Crippen LogP contribution in [0.15, 0.2) is 34.7 Å². The van der Waals surface area contributed by atoms with E-state index in [1.807, 2.05) is 12.1 Å². The van der Waals surface area contributed by atoms with Crippen LogP contribution in [0.1, 0.15) is 18.9 Å². The summed E-state index contributed by atoms with van der Waals surface area (Å²) in [5, 5.41) is 7.99. The Morgan fingerprint density at radius 1 is 1.43 bits per heavy atom. The second-order valence-electron chi connectivity index (χ2n) is 3.42. The average Bonchev–Trinajstić information content (AvgIpc) is 2.19. The predicted octanol–water partition coefficient (Wildman–Crippen LogP) is 1.18. The van der Waals surface area contributed by atoms with Crippen LogP contribution in [0, 0.1) is 5.92 Å². The second-order valence-corrected chi connectivity index (χ2v) is 3.42. The molecular formula is C10H12N4. The fourth-order valence-corrected chi connectivity index (χ4v) is 1.52. The highest BCUT2D eigenvalue weighted by atomic mass is 15.2. The van der Waals surface area contributed by atoms with Crippen LogP contribution < -0.4 is 5.73 Å². The van der Waals surface area contributed by atoms with Gasteiger partial charge < -0.3 is 5.73 Å². The molecule has 0 aromatic carbocycles. The maximum absolute atomic E-state index is 5.59. The number of aromatic nitrogens is 1. The van der Waals surface area contributed by atoms with E-state index in [-0.39, 0.29) is 0 Å². The maximum Gasteiger partial charge on any atom is 0.123 e. The van der Waals surface area contributed by atoms with Crippen LogP contribution in [0.3, 0.4) is 0 Å². The van der Waals surface area contributed by atoms with Gasteiger partial charge >= 0.3 is 0 Å². The molecule has 2 N–H and O–H groups in total. The van der Waals surface area contributed by atoms with Crippen LogP contribution in [0.25, 0.3) is 0 Å². The smallest absolute Gasteiger partial charge is 0.123 e. The van der Waals surface area contributed by atoms with E-state index in [2.05, 4.69) is 22.1 Å². The number of rotatable bonds is 1. The van der Waals surface area contributed by atoms with Gasteiger partial charge in [0.25, 0.3) is 0 Å². The molecule has 0 spiro atoms. The summed E-state index contributed by atoms with van der Waals surface area (Å²) in [5.74, 6) is 0.918. The van der Waals surface area contributed by atoms with Crippen LogP contribution in [-0.4, -0.2) is 16.5 Å². The zero-order chi connectivity index (χ0) is 9.97. The molecule has 1 aliphatic heterocycles. The van der Waals surface area contributed by atoms with E-state index >= 15 is 0 Å². The Kier molecular flexibility index (Phi) is 2.26. The summed E-state index contributed by atoms with van der Waals surface area (Å²) in [6, 6.07) is 3.88. The van der Waals surface area contributed by atoms with Gasteiger partial charge in [0.05, 0.1) is 5.71 Å². The fraction of sp³-hybridized carbons (Fsp3) is 0.300. The van der Waals surface area contributed by atoms with Crippen LogP contribution >= 0.6 is 0 Å². The second kappa shape index (κ2) is 3.57. The van der Waals surface area contributed by atoms with Crippen molar-refractivity contribution in [2.45, 2.75) is 13.3 Å². The molecule has 4 nitrogen and oxygen atoms in total. The molecule has 1 aromatic heterocycles. The van der Waals surface area contributed by atoms with Crippen molar-refractivity contribution < 1.29 is 0 Å². The van der Waals surface area contributed by atoms with Gasteiger partial charge in [0.2, 0.25) is 0 Å². The van der Waals surface area contributed by atoms with Gasteiger partial charge in [0.15, 0.2) is 0 Å². The lowest BCUT2D eigenvalue weighted by molar-refractivity contribution is 0.783. The molecule has 2 heterocycles. The third-order valence-electron chi connectivity index (χ3n) is 2.23. The molecule has 1 aromatic rings. The summed E-state index contributed by atoms with van der Waals surface area (Å²) in [7, 11) is 0. The molecule has 0 aliphatic carbocycles. The molecule has 0 bridgehead atoms.